The molecule has 1 fully saturated rings. The van der Waals surface area contributed by atoms with E-state index in [1.165, 1.54) is 6.33 Å². The van der Waals surface area contributed by atoms with Crippen molar-refractivity contribution in [3.8, 4) is 0 Å². The van der Waals surface area contributed by atoms with Crippen molar-refractivity contribution in [3.05, 3.63) is 76.8 Å². The number of imidazole rings is 1. The monoisotopic (exact) mass is 636 g/mol. The van der Waals surface area contributed by atoms with Gasteiger partial charge in [0.25, 0.3) is 17.7 Å². The molecule has 3 amide bonds. The zero-order chi connectivity index (χ0) is 26.2. The lowest BCUT2D eigenvalue weighted by Gasteiger charge is -2.30. The van der Waals surface area contributed by atoms with Crippen LogP contribution in [0.3, 0.4) is 0 Å². The molecule has 1 aliphatic heterocycles. The first-order valence-corrected chi connectivity index (χ1v) is 13.0. The summed E-state index contributed by atoms with van der Waals surface area (Å²) in [5, 5.41) is 8.69. The molecule has 0 saturated carbocycles. The van der Waals surface area contributed by atoms with Crippen LogP contribution in [-0.2, 0) is 3.07 Å². The third-order valence-corrected chi connectivity index (χ3v) is 7.02. The summed E-state index contributed by atoms with van der Waals surface area (Å²) in [6.45, 7) is 3.01. The van der Waals surface area contributed by atoms with Gasteiger partial charge in [0, 0.05) is 37.6 Å². The van der Waals surface area contributed by atoms with Gasteiger partial charge in [0.05, 0.1) is 23.0 Å². The Morgan fingerprint density at radius 1 is 1.00 bits per heavy atom. The largest absolute Gasteiger partial charge is 0.349 e. The van der Waals surface area contributed by atoms with Gasteiger partial charge < -0.3 is 28.9 Å². The van der Waals surface area contributed by atoms with Crippen molar-refractivity contribution in [2.24, 2.45) is 0 Å². The molecule has 37 heavy (non-hydrogen) atoms. The van der Waals surface area contributed by atoms with Crippen molar-refractivity contribution in [1.29, 1.82) is 0 Å². The fourth-order valence-corrected chi connectivity index (χ4v) is 4.68. The molecular formula is C25H26ClIN6O4. The van der Waals surface area contributed by atoms with Gasteiger partial charge in [-0.05, 0) is 49.2 Å². The second kappa shape index (κ2) is 13.0. The lowest BCUT2D eigenvalue weighted by Crippen LogP contribution is -2.41. The smallest absolute Gasteiger partial charge is 0.276 e. The lowest BCUT2D eigenvalue weighted by atomic mass is 10.1. The molecule has 1 aliphatic rings. The number of likely N-dealkylation sites (tertiary alicyclic amines) is 1. The molecule has 194 valence electrons. The van der Waals surface area contributed by atoms with Crippen molar-refractivity contribution in [2.45, 2.75) is 18.9 Å². The minimum Gasteiger partial charge on any atom is -0.349 e. The summed E-state index contributed by atoms with van der Waals surface area (Å²) < 4.78 is 5.35. The van der Waals surface area contributed by atoms with Crippen LogP contribution in [0.15, 0.2) is 54.9 Å². The van der Waals surface area contributed by atoms with E-state index in [4.69, 9.17) is 14.7 Å². The summed E-state index contributed by atoms with van der Waals surface area (Å²) in [5.41, 5.74) is 1.47. The summed E-state index contributed by atoms with van der Waals surface area (Å²) in [4.78, 5) is 46.9. The number of H-pyrrole nitrogens is 1. The maximum atomic E-state index is 12.8. The molecule has 12 heteroatoms. The Morgan fingerprint density at radius 2 is 1.65 bits per heavy atom. The van der Waals surface area contributed by atoms with E-state index in [0.29, 0.717) is 34.6 Å². The van der Waals surface area contributed by atoms with Crippen LogP contribution in [0.1, 0.15) is 44.2 Å². The van der Waals surface area contributed by atoms with Gasteiger partial charge in [-0.1, -0.05) is 23.7 Å². The van der Waals surface area contributed by atoms with E-state index < -0.39 is 11.8 Å². The van der Waals surface area contributed by atoms with Crippen molar-refractivity contribution in [2.75, 3.05) is 36.8 Å². The van der Waals surface area contributed by atoms with E-state index in [-0.39, 0.29) is 17.3 Å². The first-order valence-electron chi connectivity index (χ1n) is 11.7. The SMILES string of the molecule is O=C(Nc1ccc(NC(=O)c2nc[nH]c2C(=O)NCCN2CCC(OI)CC2)cc1)c1ccccc1Cl. The summed E-state index contributed by atoms with van der Waals surface area (Å²) in [6, 6.07) is 13.3. The minimum absolute atomic E-state index is 0.00592. The third kappa shape index (κ3) is 7.28. The third-order valence-electron chi connectivity index (χ3n) is 5.97. The number of aromatic nitrogens is 2. The van der Waals surface area contributed by atoms with E-state index in [1.807, 2.05) is 23.0 Å². The molecule has 1 saturated heterocycles. The molecule has 4 N–H and O–H groups in total. The predicted octanol–water partition coefficient (Wildman–Crippen LogP) is 4.13. The number of carbonyl (C=O) groups excluding carboxylic acids is 3. The molecule has 2 aromatic carbocycles. The Bertz CT molecular complexity index is 1240. The van der Waals surface area contributed by atoms with Gasteiger partial charge >= 0.3 is 0 Å². The zero-order valence-electron chi connectivity index (χ0n) is 19.8. The number of nitrogens with one attached hydrogen (secondary N) is 4. The van der Waals surface area contributed by atoms with E-state index in [2.05, 4.69) is 30.8 Å². The molecule has 1 aromatic heterocycles. The van der Waals surface area contributed by atoms with Crippen LogP contribution < -0.4 is 16.0 Å². The number of aromatic amines is 1. The van der Waals surface area contributed by atoms with Gasteiger partial charge in [0.15, 0.2) is 5.69 Å². The van der Waals surface area contributed by atoms with Crippen LogP contribution in [0, 0.1) is 0 Å². The first kappa shape index (κ1) is 27.0. The summed E-state index contributed by atoms with van der Waals surface area (Å²) in [6.07, 6.45) is 3.54. The Morgan fingerprint density at radius 3 is 2.30 bits per heavy atom. The first-order chi connectivity index (χ1) is 17.9. The fourth-order valence-electron chi connectivity index (χ4n) is 3.95. The average Bonchev–Trinajstić information content (AvgIpc) is 3.41. The maximum Gasteiger partial charge on any atom is 0.276 e. The highest BCUT2D eigenvalue weighted by atomic mass is 127. The number of carbonyl (C=O) groups is 3. The molecule has 0 aliphatic carbocycles. The van der Waals surface area contributed by atoms with Gasteiger partial charge in [-0.2, -0.15) is 0 Å². The number of halogens is 2. The summed E-state index contributed by atoms with van der Waals surface area (Å²) in [5.74, 6) is -1.26. The molecule has 0 spiro atoms. The summed E-state index contributed by atoms with van der Waals surface area (Å²) in [7, 11) is 0. The highest BCUT2D eigenvalue weighted by Gasteiger charge is 2.22. The molecule has 2 heterocycles. The van der Waals surface area contributed by atoms with E-state index in [0.717, 1.165) is 32.5 Å². The molecule has 3 aromatic rings. The van der Waals surface area contributed by atoms with Crippen LogP contribution in [0.25, 0.3) is 0 Å². The number of hydrogen-bond donors (Lipinski definition) is 4. The molecule has 0 atom stereocenters. The number of anilines is 2. The van der Waals surface area contributed by atoms with Crippen LogP contribution in [0.2, 0.25) is 5.02 Å². The second-order valence-corrected chi connectivity index (χ2v) is 9.39. The Labute approximate surface area is 233 Å². The van der Waals surface area contributed by atoms with Crippen LogP contribution in [0.4, 0.5) is 11.4 Å². The van der Waals surface area contributed by atoms with Crippen molar-refractivity contribution in [3.63, 3.8) is 0 Å². The van der Waals surface area contributed by atoms with E-state index in [9.17, 15) is 14.4 Å². The topological polar surface area (TPSA) is 128 Å². The number of benzene rings is 2. The number of piperidine rings is 1. The standard InChI is InChI=1S/C25H26ClIN6O4/c26-20-4-2-1-3-19(20)23(34)31-16-5-7-17(8-6-16)32-25(36)22-21(29-15-30-22)24(35)28-11-14-33-12-9-18(37-27)10-13-33/h1-8,15,18H,9-14H2,(H,28,35)(H,29,30)(H,31,34)(H,32,36). The Hall–Kier alpha value is -3.00. The molecule has 0 bridgehead atoms. The molecule has 10 nitrogen and oxygen atoms in total. The van der Waals surface area contributed by atoms with E-state index in [1.54, 1.807) is 48.5 Å². The van der Waals surface area contributed by atoms with Gasteiger partial charge in [-0.3, -0.25) is 14.4 Å². The Kier molecular flexibility index (Phi) is 9.50. The van der Waals surface area contributed by atoms with Crippen LogP contribution in [-0.4, -0.2) is 64.9 Å². The Balaban J connectivity index is 1.28. The van der Waals surface area contributed by atoms with Crippen LogP contribution in [0.5, 0.6) is 0 Å². The maximum absolute atomic E-state index is 12.8. The molecular weight excluding hydrogens is 611 g/mol. The highest BCUT2D eigenvalue weighted by molar-refractivity contribution is 14.1. The van der Waals surface area contributed by atoms with Gasteiger partial charge in [0.1, 0.15) is 28.7 Å². The number of amides is 3. The van der Waals surface area contributed by atoms with Crippen molar-refractivity contribution in [1.82, 2.24) is 20.2 Å². The van der Waals surface area contributed by atoms with Gasteiger partial charge in [-0.25, -0.2) is 4.98 Å². The molecule has 4 rings (SSSR count). The predicted molar refractivity (Wildman–Crippen MR) is 149 cm³/mol. The highest BCUT2D eigenvalue weighted by Crippen LogP contribution is 2.19. The van der Waals surface area contributed by atoms with Gasteiger partial charge in [0.2, 0.25) is 0 Å². The number of nitrogens with zero attached hydrogens (tertiary/aromatic N) is 2. The number of rotatable bonds is 9. The van der Waals surface area contributed by atoms with Crippen LogP contribution >= 0.6 is 34.6 Å². The van der Waals surface area contributed by atoms with Crippen molar-refractivity contribution >= 4 is 63.7 Å². The van der Waals surface area contributed by atoms with Crippen molar-refractivity contribution < 1.29 is 17.4 Å². The fraction of sp³-hybridized carbons (Fsp3) is 0.280. The average molecular weight is 637 g/mol. The summed E-state index contributed by atoms with van der Waals surface area (Å²) >= 11 is 8.02. The normalized spacial score (nSPS) is 14.2. The second-order valence-electron chi connectivity index (χ2n) is 8.48. The lowest BCUT2D eigenvalue weighted by molar-refractivity contribution is 0.0921. The minimum atomic E-state index is -0.528. The molecule has 0 unspecified atom stereocenters. The number of hydrogen-bond acceptors (Lipinski definition) is 6. The molecule has 0 radical (unpaired) electrons. The quantitative estimate of drug-likeness (QED) is 0.262. The van der Waals surface area contributed by atoms with Gasteiger partial charge in [-0.15, -0.1) is 0 Å². The zero-order valence-corrected chi connectivity index (χ0v) is 22.7. The van der Waals surface area contributed by atoms with E-state index >= 15 is 0 Å².